The minimum absolute atomic E-state index is 0.993. The quantitative estimate of drug-likeness (QED) is 0.483. The van der Waals surface area contributed by atoms with Crippen LogP contribution < -0.4 is 0 Å². The Balaban J connectivity index is 2.04. The highest BCUT2D eigenvalue weighted by Gasteiger charge is 2.16. The lowest BCUT2D eigenvalue weighted by Gasteiger charge is -1.91. The van der Waals surface area contributed by atoms with Crippen LogP contribution in [-0.4, -0.2) is 10.2 Å². The third kappa shape index (κ3) is 2.71. The van der Waals surface area contributed by atoms with Gasteiger partial charge in [0.25, 0.3) is 0 Å². The van der Waals surface area contributed by atoms with Gasteiger partial charge in [-0.25, -0.2) is 0 Å². The van der Waals surface area contributed by atoms with E-state index in [0.717, 1.165) is 17.6 Å². The van der Waals surface area contributed by atoms with Gasteiger partial charge in [-0.1, -0.05) is 11.3 Å². The number of aryl methyl sites for hydroxylation is 2. The van der Waals surface area contributed by atoms with Crippen LogP contribution in [-0.2, 0) is 0 Å². The van der Waals surface area contributed by atoms with Gasteiger partial charge in [-0.2, -0.15) is 0 Å². The number of hydrogen-bond donors (Lipinski definition) is 0. The summed E-state index contributed by atoms with van der Waals surface area (Å²) in [6.45, 7) is 4.20. The first-order chi connectivity index (χ1) is 9.04. The number of thiophene rings is 2. The molecule has 0 amide bonds. The largest absolute Gasteiger partial charge is 0.158 e. The number of rotatable bonds is 2. The molecule has 0 aliphatic rings. The van der Waals surface area contributed by atoms with E-state index in [-0.39, 0.29) is 0 Å². The molecule has 0 radical (unpaired) electrons. The molecule has 7 heteroatoms. The monoisotopic (exact) mass is 434 g/mol. The summed E-state index contributed by atoms with van der Waals surface area (Å²) < 4.78 is 2.26. The summed E-state index contributed by atoms with van der Waals surface area (Å²) in [5.41, 5.74) is 2.48. The number of halogens is 2. The normalized spacial score (nSPS) is 11.2. The van der Waals surface area contributed by atoms with Gasteiger partial charge in [-0.3, -0.25) is 0 Å². The molecule has 0 aromatic carbocycles. The Kier molecular flexibility index (Phi) is 3.92. The van der Waals surface area contributed by atoms with Crippen molar-refractivity contribution in [2.45, 2.75) is 13.8 Å². The minimum Gasteiger partial charge on any atom is -0.137 e. The van der Waals surface area contributed by atoms with Crippen molar-refractivity contribution in [1.29, 1.82) is 0 Å². The van der Waals surface area contributed by atoms with E-state index in [9.17, 15) is 0 Å². The van der Waals surface area contributed by atoms with Crippen molar-refractivity contribution in [3.05, 3.63) is 30.8 Å². The van der Waals surface area contributed by atoms with Crippen LogP contribution in [0.4, 0.5) is 0 Å². The summed E-state index contributed by atoms with van der Waals surface area (Å²) in [7, 11) is 0. The zero-order valence-corrected chi connectivity index (χ0v) is 15.7. The van der Waals surface area contributed by atoms with E-state index in [2.05, 4.69) is 68.0 Å². The Bertz CT molecular complexity index is 681. The Morgan fingerprint density at radius 1 is 0.789 bits per heavy atom. The van der Waals surface area contributed by atoms with Crippen LogP contribution in [0.25, 0.3) is 19.8 Å². The lowest BCUT2D eigenvalue weighted by molar-refractivity contribution is 1.10. The summed E-state index contributed by atoms with van der Waals surface area (Å²) in [5.74, 6) is 0. The van der Waals surface area contributed by atoms with Gasteiger partial charge in [-0.15, -0.1) is 32.9 Å². The molecule has 0 aliphatic carbocycles. The van der Waals surface area contributed by atoms with E-state index in [0.29, 0.717) is 0 Å². The highest BCUT2D eigenvalue weighted by Crippen LogP contribution is 2.41. The summed E-state index contributed by atoms with van der Waals surface area (Å²) >= 11 is 12.1. The highest BCUT2D eigenvalue weighted by atomic mass is 79.9. The fourth-order valence-electron chi connectivity index (χ4n) is 1.72. The molecule has 98 valence electrons. The third-order valence-electron chi connectivity index (χ3n) is 2.59. The molecule has 0 saturated carbocycles. The molecule has 0 N–H and O–H groups in total. The molecule has 3 rings (SSSR count). The van der Waals surface area contributed by atoms with Crippen LogP contribution in [0, 0.1) is 13.8 Å². The first-order valence-electron chi connectivity index (χ1n) is 5.40. The topological polar surface area (TPSA) is 25.8 Å². The molecule has 3 aromatic heterocycles. The maximum Gasteiger partial charge on any atom is 0.158 e. The predicted octanol–water partition coefficient (Wildman–Crippen LogP) is 6.14. The maximum atomic E-state index is 4.34. The summed E-state index contributed by atoms with van der Waals surface area (Å²) in [6, 6.07) is 4.24. The van der Waals surface area contributed by atoms with Crippen molar-refractivity contribution in [1.82, 2.24) is 10.2 Å². The lowest BCUT2D eigenvalue weighted by atomic mass is 10.3. The van der Waals surface area contributed by atoms with Crippen molar-refractivity contribution >= 4 is 65.9 Å². The van der Waals surface area contributed by atoms with E-state index >= 15 is 0 Å². The molecule has 0 spiro atoms. The Morgan fingerprint density at radius 3 is 1.53 bits per heavy atom. The van der Waals surface area contributed by atoms with Crippen LogP contribution in [0.2, 0.25) is 0 Å². The second-order valence-corrected chi connectivity index (χ2v) is 9.88. The van der Waals surface area contributed by atoms with Gasteiger partial charge < -0.3 is 0 Å². The first kappa shape index (κ1) is 13.9. The molecular weight excluding hydrogens is 428 g/mol. The Hall–Kier alpha value is -0.0800. The maximum absolute atomic E-state index is 4.34. The zero-order valence-electron chi connectivity index (χ0n) is 10.0. The van der Waals surface area contributed by atoms with E-state index < -0.39 is 0 Å². The summed E-state index contributed by atoms with van der Waals surface area (Å²) in [6.07, 6.45) is 0. The lowest BCUT2D eigenvalue weighted by Crippen LogP contribution is -1.75. The molecular formula is C12H8Br2N2S3. The van der Waals surface area contributed by atoms with Crippen LogP contribution in [0.5, 0.6) is 0 Å². The fraction of sp³-hybridized carbons (Fsp3) is 0.167. The van der Waals surface area contributed by atoms with Crippen molar-refractivity contribution in [3.8, 4) is 19.8 Å². The molecule has 0 aliphatic heterocycles. The number of nitrogens with zero attached hydrogens (tertiary/aromatic N) is 2. The molecule has 0 fully saturated rings. The molecule has 3 heterocycles. The van der Waals surface area contributed by atoms with Crippen molar-refractivity contribution in [3.63, 3.8) is 0 Å². The Morgan fingerprint density at radius 2 is 1.21 bits per heavy atom. The first-order valence-corrected chi connectivity index (χ1v) is 9.44. The SMILES string of the molecule is Cc1cc(Br)sc1-c1nnc(-c2sc(Br)cc2C)s1. The summed E-state index contributed by atoms with van der Waals surface area (Å²) in [4.78, 5) is 2.40. The van der Waals surface area contributed by atoms with Gasteiger partial charge >= 0.3 is 0 Å². The second kappa shape index (κ2) is 5.37. The predicted molar refractivity (Wildman–Crippen MR) is 91.4 cm³/mol. The smallest absolute Gasteiger partial charge is 0.137 e. The average molecular weight is 436 g/mol. The Labute approximate surface area is 139 Å². The molecule has 3 aromatic rings. The van der Waals surface area contributed by atoms with Crippen LogP contribution in [0.3, 0.4) is 0 Å². The molecule has 2 nitrogen and oxygen atoms in total. The van der Waals surface area contributed by atoms with Gasteiger partial charge in [0.15, 0.2) is 10.0 Å². The molecule has 0 bridgehead atoms. The van der Waals surface area contributed by atoms with Crippen LogP contribution >= 0.6 is 65.9 Å². The van der Waals surface area contributed by atoms with Gasteiger partial charge in [0, 0.05) is 0 Å². The third-order valence-corrected chi connectivity index (χ3v) is 7.30. The fourth-order valence-corrected chi connectivity index (χ4v) is 6.29. The molecule has 0 unspecified atom stereocenters. The molecule has 0 atom stereocenters. The van der Waals surface area contributed by atoms with Gasteiger partial charge in [0.2, 0.25) is 0 Å². The zero-order chi connectivity index (χ0) is 13.6. The standard InChI is InChI=1S/C12H8Br2N2S3/c1-5-3-7(13)17-9(5)11-15-16-12(19-11)10-6(2)4-8(14)18-10/h3-4H,1-2H3. The van der Waals surface area contributed by atoms with Crippen molar-refractivity contribution in [2.24, 2.45) is 0 Å². The molecule has 0 saturated heterocycles. The van der Waals surface area contributed by atoms with Crippen LogP contribution in [0.1, 0.15) is 11.1 Å². The number of hydrogen-bond acceptors (Lipinski definition) is 5. The van der Waals surface area contributed by atoms with Gasteiger partial charge in [0.05, 0.1) is 17.3 Å². The van der Waals surface area contributed by atoms with Gasteiger partial charge in [0.1, 0.15) is 0 Å². The highest BCUT2D eigenvalue weighted by molar-refractivity contribution is 9.11. The van der Waals surface area contributed by atoms with Crippen LogP contribution in [0.15, 0.2) is 19.7 Å². The van der Waals surface area contributed by atoms with E-state index in [1.54, 1.807) is 34.0 Å². The van der Waals surface area contributed by atoms with E-state index in [4.69, 9.17) is 0 Å². The van der Waals surface area contributed by atoms with E-state index in [1.807, 2.05) is 0 Å². The average Bonchev–Trinajstić information content (AvgIpc) is 2.99. The van der Waals surface area contributed by atoms with Gasteiger partial charge in [-0.05, 0) is 69.0 Å². The van der Waals surface area contributed by atoms with E-state index in [1.165, 1.54) is 20.9 Å². The number of aromatic nitrogens is 2. The molecule has 19 heavy (non-hydrogen) atoms. The minimum atomic E-state index is 0.993. The van der Waals surface area contributed by atoms with Crippen molar-refractivity contribution < 1.29 is 0 Å². The summed E-state index contributed by atoms with van der Waals surface area (Å²) in [5, 5.41) is 10.7. The second-order valence-electron chi connectivity index (χ2n) is 4.04. The van der Waals surface area contributed by atoms with Crippen molar-refractivity contribution in [2.75, 3.05) is 0 Å².